The number of nitrogens with zero attached hydrogens (tertiary/aromatic N) is 1. The van der Waals surface area contributed by atoms with Gasteiger partial charge >= 0.3 is 0 Å². The van der Waals surface area contributed by atoms with Crippen LogP contribution in [0.15, 0.2) is 29.6 Å². The van der Waals surface area contributed by atoms with Gasteiger partial charge in [-0.3, -0.25) is 0 Å². The van der Waals surface area contributed by atoms with Gasteiger partial charge in [0.2, 0.25) is 0 Å². The van der Waals surface area contributed by atoms with Crippen molar-refractivity contribution in [2.24, 2.45) is 0 Å². The van der Waals surface area contributed by atoms with E-state index in [9.17, 15) is 0 Å². The molecule has 0 fully saturated rings. The van der Waals surface area contributed by atoms with E-state index in [0.29, 0.717) is 13.2 Å². The number of ether oxygens (including phenoxy) is 2. The van der Waals surface area contributed by atoms with E-state index < -0.39 is 0 Å². The van der Waals surface area contributed by atoms with Gasteiger partial charge in [-0.15, -0.1) is 11.3 Å². The molecule has 0 amide bonds. The average molecular weight is 265 g/mol. The van der Waals surface area contributed by atoms with Gasteiger partial charge in [-0.25, -0.2) is 4.98 Å². The average Bonchev–Trinajstić information content (AvgIpc) is 2.81. The zero-order valence-electron chi connectivity index (χ0n) is 10.1. The van der Waals surface area contributed by atoms with Crippen LogP contribution < -0.4 is 9.47 Å². The number of aliphatic hydroxyl groups excluding tert-OH is 1. The molecule has 1 heterocycles. The third kappa shape index (κ3) is 3.72. The predicted octanol–water partition coefficient (Wildman–Crippen LogP) is 2.40. The van der Waals surface area contributed by atoms with Crippen LogP contribution in [0.3, 0.4) is 0 Å². The first-order valence-corrected chi connectivity index (χ1v) is 6.53. The maximum absolute atomic E-state index is 8.64. The Balaban J connectivity index is 1.86. The lowest BCUT2D eigenvalue weighted by atomic mass is 10.3. The molecular weight excluding hydrogens is 250 g/mol. The molecule has 0 unspecified atom stereocenters. The molecule has 1 aromatic carbocycles. The van der Waals surface area contributed by atoms with Crippen LogP contribution in [0.4, 0.5) is 0 Å². The molecule has 0 radical (unpaired) electrons. The summed E-state index contributed by atoms with van der Waals surface area (Å²) < 4.78 is 10.9. The molecule has 1 N–H and O–H groups in total. The van der Waals surface area contributed by atoms with Crippen molar-refractivity contribution in [1.82, 2.24) is 4.98 Å². The molecule has 2 rings (SSSR count). The van der Waals surface area contributed by atoms with Crippen molar-refractivity contribution in [3.05, 3.63) is 40.3 Å². The van der Waals surface area contributed by atoms with Gasteiger partial charge in [0.1, 0.15) is 24.7 Å². The highest BCUT2D eigenvalue weighted by Crippen LogP contribution is 2.19. The van der Waals surface area contributed by atoms with E-state index in [0.717, 1.165) is 22.2 Å². The minimum Gasteiger partial charge on any atom is -0.491 e. The lowest BCUT2D eigenvalue weighted by molar-refractivity contribution is 0.201. The largest absolute Gasteiger partial charge is 0.491 e. The quantitative estimate of drug-likeness (QED) is 0.871. The number of rotatable bonds is 6. The lowest BCUT2D eigenvalue weighted by Gasteiger charge is -2.06. The summed E-state index contributed by atoms with van der Waals surface area (Å²) in [5.74, 6) is 1.50. The molecule has 2 aromatic rings. The Morgan fingerprint density at radius 3 is 2.39 bits per heavy atom. The van der Waals surface area contributed by atoms with Crippen molar-refractivity contribution < 1.29 is 14.6 Å². The number of aliphatic hydroxyl groups is 1. The minimum absolute atomic E-state index is 0.0153. The monoisotopic (exact) mass is 265 g/mol. The Morgan fingerprint density at radius 1 is 1.17 bits per heavy atom. The van der Waals surface area contributed by atoms with Crippen LogP contribution in [0.5, 0.6) is 11.5 Å². The number of hydrogen-bond donors (Lipinski definition) is 1. The molecule has 96 valence electrons. The van der Waals surface area contributed by atoms with E-state index in [1.54, 1.807) is 11.3 Å². The fraction of sp³-hybridized carbons (Fsp3) is 0.308. The van der Waals surface area contributed by atoms with Gasteiger partial charge < -0.3 is 14.6 Å². The molecule has 0 bridgehead atoms. The highest BCUT2D eigenvalue weighted by Gasteiger charge is 2.00. The second kappa shape index (κ2) is 6.37. The maximum atomic E-state index is 8.64. The van der Waals surface area contributed by atoms with Crippen LogP contribution in [0.25, 0.3) is 0 Å². The Morgan fingerprint density at radius 2 is 1.83 bits per heavy atom. The Hall–Kier alpha value is -1.59. The first kappa shape index (κ1) is 12.9. The third-order valence-corrected chi connectivity index (χ3v) is 3.06. The minimum atomic E-state index is 0.0153. The second-order valence-electron chi connectivity index (χ2n) is 3.69. The fourth-order valence-corrected chi connectivity index (χ4v) is 2.02. The first-order chi connectivity index (χ1) is 8.78. The number of aromatic nitrogens is 1. The molecular formula is C13H15NO3S. The van der Waals surface area contributed by atoms with Crippen LogP contribution >= 0.6 is 11.3 Å². The van der Waals surface area contributed by atoms with E-state index in [-0.39, 0.29) is 6.61 Å². The summed E-state index contributed by atoms with van der Waals surface area (Å²) in [5, 5.41) is 11.7. The summed E-state index contributed by atoms with van der Waals surface area (Å²) in [6, 6.07) is 7.31. The molecule has 18 heavy (non-hydrogen) atoms. The van der Waals surface area contributed by atoms with E-state index in [1.165, 1.54) is 0 Å². The van der Waals surface area contributed by atoms with E-state index in [1.807, 2.05) is 36.6 Å². The standard InChI is InChI=1S/C13H15NO3S/c1-10-14-11(9-18-10)8-17-13-4-2-12(3-5-13)16-7-6-15/h2-5,9,15H,6-8H2,1H3. The topological polar surface area (TPSA) is 51.6 Å². The van der Waals surface area contributed by atoms with E-state index in [2.05, 4.69) is 4.98 Å². The predicted molar refractivity (Wildman–Crippen MR) is 70.2 cm³/mol. The van der Waals surface area contributed by atoms with Gasteiger partial charge in [-0.05, 0) is 31.2 Å². The Labute approximate surface area is 110 Å². The summed E-state index contributed by atoms with van der Waals surface area (Å²) in [4.78, 5) is 4.32. The summed E-state index contributed by atoms with van der Waals surface area (Å²) in [5.41, 5.74) is 0.943. The smallest absolute Gasteiger partial charge is 0.131 e. The Kier molecular flexibility index (Phi) is 4.55. The van der Waals surface area contributed by atoms with Gasteiger partial charge in [0.25, 0.3) is 0 Å². The summed E-state index contributed by atoms with van der Waals surface area (Å²) in [7, 11) is 0. The van der Waals surface area contributed by atoms with Crippen molar-refractivity contribution in [2.75, 3.05) is 13.2 Å². The van der Waals surface area contributed by atoms with Crippen molar-refractivity contribution in [3.63, 3.8) is 0 Å². The van der Waals surface area contributed by atoms with Gasteiger partial charge in [0.15, 0.2) is 0 Å². The SMILES string of the molecule is Cc1nc(COc2ccc(OCCO)cc2)cs1. The number of benzene rings is 1. The van der Waals surface area contributed by atoms with Crippen LogP contribution in [0.2, 0.25) is 0 Å². The lowest BCUT2D eigenvalue weighted by Crippen LogP contribution is -2.01. The van der Waals surface area contributed by atoms with E-state index in [4.69, 9.17) is 14.6 Å². The molecule has 4 nitrogen and oxygen atoms in total. The van der Waals surface area contributed by atoms with E-state index >= 15 is 0 Å². The maximum Gasteiger partial charge on any atom is 0.131 e. The molecule has 5 heteroatoms. The van der Waals surface area contributed by atoms with Crippen LogP contribution in [-0.2, 0) is 6.61 Å². The molecule has 0 spiro atoms. The second-order valence-corrected chi connectivity index (χ2v) is 4.75. The van der Waals surface area contributed by atoms with Crippen LogP contribution in [-0.4, -0.2) is 23.3 Å². The first-order valence-electron chi connectivity index (χ1n) is 5.65. The van der Waals surface area contributed by atoms with Gasteiger partial charge in [-0.1, -0.05) is 0 Å². The third-order valence-electron chi connectivity index (χ3n) is 2.24. The van der Waals surface area contributed by atoms with Crippen LogP contribution in [0, 0.1) is 6.92 Å². The highest BCUT2D eigenvalue weighted by atomic mass is 32.1. The van der Waals surface area contributed by atoms with Crippen molar-refractivity contribution in [2.45, 2.75) is 13.5 Å². The zero-order chi connectivity index (χ0) is 12.8. The van der Waals surface area contributed by atoms with Crippen molar-refractivity contribution in [1.29, 1.82) is 0 Å². The molecule has 0 atom stereocenters. The molecule has 0 aliphatic rings. The van der Waals surface area contributed by atoms with Crippen molar-refractivity contribution in [3.8, 4) is 11.5 Å². The number of thiazole rings is 1. The molecule has 0 aliphatic heterocycles. The van der Waals surface area contributed by atoms with Crippen molar-refractivity contribution >= 4 is 11.3 Å². The number of hydrogen-bond acceptors (Lipinski definition) is 5. The van der Waals surface area contributed by atoms with Gasteiger partial charge in [0, 0.05) is 5.38 Å². The van der Waals surface area contributed by atoms with Gasteiger partial charge in [-0.2, -0.15) is 0 Å². The summed E-state index contributed by atoms with van der Waals surface area (Å²) in [6.45, 7) is 2.77. The molecule has 1 aromatic heterocycles. The highest BCUT2D eigenvalue weighted by molar-refractivity contribution is 7.09. The molecule has 0 saturated heterocycles. The normalized spacial score (nSPS) is 10.3. The Bertz CT molecular complexity index is 481. The number of aryl methyl sites for hydroxylation is 1. The summed E-state index contributed by atoms with van der Waals surface area (Å²) >= 11 is 1.62. The zero-order valence-corrected chi connectivity index (χ0v) is 10.9. The summed E-state index contributed by atoms with van der Waals surface area (Å²) in [6.07, 6.45) is 0. The van der Waals surface area contributed by atoms with Crippen LogP contribution in [0.1, 0.15) is 10.7 Å². The van der Waals surface area contributed by atoms with Gasteiger partial charge in [0.05, 0.1) is 17.3 Å². The molecule has 0 saturated carbocycles. The molecule has 0 aliphatic carbocycles. The fourth-order valence-electron chi connectivity index (χ4n) is 1.43.